The Morgan fingerprint density at radius 1 is 1.24 bits per heavy atom. The smallest absolute Gasteiger partial charge is 0.272 e. The average molecular weight is 484 g/mol. The summed E-state index contributed by atoms with van der Waals surface area (Å²) in [6, 6.07) is 8.96. The van der Waals surface area contributed by atoms with Gasteiger partial charge < -0.3 is 10.2 Å². The summed E-state index contributed by atoms with van der Waals surface area (Å²) >= 11 is 0. The molecule has 0 unspecified atom stereocenters. The van der Waals surface area contributed by atoms with Gasteiger partial charge in [0.1, 0.15) is 5.69 Å². The fraction of sp³-hybridized carbons (Fsp3) is 0.500. The third-order valence-electron chi connectivity index (χ3n) is 6.68. The number of nitrogens with zero attached hydrogens (tertiary/aromatic N) is 4. The van der Waals surface area contributed by atoms with Crippen molar-refractivity contribution in [2.24, 2.45) is 7.05 Å². The lowest BCUT2D eigenvalue weighted by molar-refractivity contribution is 0.0724. The van der Waals surface area contributed by atoms with E-state index < -0.39 is 19.3 Å². The summed E-state index contributed by atoms with van der Waals surface area (Å²) in [5, 5.41) is 16.0. The number of fused-ring (bicyclic) bond motifs is 1. The number of amides is 2. The lowest BCUT2D eigenvalue weighted by Crippen LogP contribution is -2.49. The number of nitriles is 1. The maximum Gasteiger partial charge on any atom is 0.272 e. The average Bonchev–Trinajstić information content (AvgIpc) is 3.50. The first-order valence-corrected chi connectivity index (χ1v) is 12.7. The van der Waals surface area contributed by atoms with Crippen LogP contribution in [0.25, 0.3) is 0 Å². The van der Waals surface area contributed by atoms with E-state index in [0.29, 0.717) is 42.6 Å². The van der Waals surface area contributed by atoms with Crippen LogP contribution in [0.15, 0.2) is 24.3 Å². The van der Waals surface area contributed by atoms with Crippen LogP contribution < -0.4 is 5.32 Å². The fourth-order valence-corrected chi connectivity index (χ4v) is 6.78. The number of hydrogen-bond acceptors (Lipinski definition) is 6. The van der Waals surface area contributed by atoms with Crippen LogP contribution in [-0.2, 0) is 29.9 Å². The molecule has 1 aromatic heterocycles. The molecule has 0 spiro atoms. The van der Waals surface area contributed by atoms with Crippen molar-refractivity contribution in [1.29, 1.82) is 5.26 Å². The highest BCUT2D eigenvalue weighted by Gasteiger charge is 2.59. The number of carbonyl (C=O) groups is 2. The van der Waals surface area contributed by atoms with E-state index in [0.717, 1.165) is 5.56 Å². The van der Waals surface area contributed by atoms with Crippen LogP contribution in [-0.4, -0.2) is 57.5 Å². The van der Waals surface area contributed by atoms with Gasteiger partial charge in [-0.1, -0.05) is 12.1 Å². The van der Waals surface area contributed by atoms with Crippen LogP contribution in [0.4, 0.5) is 0 Å². The zero-order chi connectivity index (χ0) is 24.9. The first-order chi connectivity index (χ1) is 15.9. The maximum atomic E-state index is 13.3. The van der Waals surface area contributed by atoms with Crippen LogP contribution in [0.5, 0.6) is 0 Å². The minimum absolute atomic E-state index is 0.163. The summed E-state index contributed by atoms with van der Waals surface area (Å²) in [6.45, 7) is 5.86. The standard InChI is InChI=1S/C24H29N5O4S/c1-23(2,3)34(32,33)24(10-11-24)15-29-12-9-18-19(27-28(4)20(18)22(29)31)21(30)26-14-17-7-5-16(13-25)6-8-17/h5-8H,9-12,14-15H2,1-4H3,(H,26,30). The van der Waals surface area contributed by atoms with Crippen molar-refractivity contribution in [3.05, 3.63) is 52.3 Å². The topological polar surface area (TPSA) is 125 Å². The minimum atomic E-state index is -3.42. The highest BCUT2D eigenvalue weighted by molar-refractivity contribution is 7.94. The highest BCUT2D eigenvalue weighted by Crippen LogP contribution is 2.49. The summed E-state index contributed by atoms with van der Waals surface area (Å²) in [5.41, 5.74) is 2.51. The normalized spacial score (nSPS) is 17.1. The summed E-state index contributed by atoms with van der Waals surface area (Å²) in [5.74, 6) is -0.672. The summed E-state index contributed by atoms with van der Waals surface area (Å²) < 4.78 is 25.9. The summed E-state index contributed by atoms with van der Waals surface area (Å²) in [7, 11) is -1.80. The van der Waals surface area contributed by atoms with E-state index in [1.54, 1.807) is 57.0 Å². The molecular formula is C24H29N5O4S. The largest absolute Gasteiger partial charge is 0.347 e. The summed E-state index contributed by atoms with van der Waals surface area (Å²) in [4.78, 5) is 27.8. The van der Waals surface area contributed by atoms with Crippen molar-refractivity contribution in [3.63, 3.8) is 0 Å². The highest BCUT2D eigenvalue weighted by atomic mass is 32.2. The van der Waals surface area contributed by atoms with Crippen molar-refractivity contribution in [1.82, 2.24) is 20.0 Å². The van der Waals surface area contributed by atoms with E-state index in [-0.39, 0.29) is 30.6 Å². The Bertz CT molecular complexity index is 1290. The number of nitrogens with one attached hydrogen (secondary N) is 1. The number of carbonyl (C=O) groups excluding carboxylic acids is 2. The van der Waals surface area contributed by atoms with E-state index in [1.165, 1.54) is 4.68 Å². The predicted octanol–water partition coefficient (Wildman–Crippen LogP) is 1.97. The van der Waals surface area contributed by atoms with Gasteiger partial charge in [0, 0.05) is 32.2 Å². The molecule has 0 radical (unpaired) electrons. The first kappa shape index (κ1) is 24.0. The molecule has 1 aliphatic heterocycles. The molecule has 1 fully saturated rings. The van der Waals surface area contributed by atoms with Gasteiger partial charge in [-0.3, -0.25) is 14.3 Å². The molecular weight excluding hydrogens is 454 g/mol. The van der Waals surface area contributed by atoms with Crippen molar-refractivity contribution in [2.75, 3.05) is 13.1 Å². The third-order valence-corrected chi connectivity index (χ3v) is 9.97. The Morgan fingerprint density at radius 2 is 1.88 bits per heavy atom. The fourth-order valence-electron chi connectivity index (χ4n) is 4.52. The molecule has 0 bridgehead atoms. The van der Waals surface area contributed by atoms with Crippen LogP contribution in [0.1, 0.15) is 71.3 Å². The van der Waals surface area contributed by atoms with Crippen LogP contribution in [0.2, 0.25) is 0 Å². The Hall–Kier alpha value is -3.19. The van der Waals surface area contributed by atoms with Crippen molar-refractivity contribution in [3.8, 4) is 6.07 Å². The van der Waals surface area contributed by atoms with Crippen LogP contribution >= 0.6 is 0 Å². The zero-order valence-electron chi connectivity index (χ0n) is 19.9. The van der Waals surface area contributed by atoms with Gasteiger partial charge in [0.2, 0.25) is 0 Å². The van der Waals surface area contributed by atoms with Gasteiger partial charge in [0.05, 0.1) is 21.1 Å². The molecule has 0 atom stereocenters. The second-order valence-corrected chi connectivity index (χ2v) is 13.2. The van der Waals surface area contributed by atoms with Gasteiger partial charge in [-0.2, -0.15) is 10.4 Å². The predicted molar refractivity (Wildman–Crippen MR) is 126 cm³/mol. The summed E-state index contributed by atoms with van der Waals surface area (Å²) in [6.07, 6.45) is 1.54. The molecule has 2 aliphatic rings. The third kappa shape index (κ3) is 3.98. The monoisotopic (exact) mass is 483 g/mol. The molecule has 2 amide bonds. The molecule has 2 aromatic rings. The number of aryl methyl sites for hydroxylation is 1. The lowest BCUT2D eigenvalue weighted by Gasteiger charge is -2.33. The Morgan fingerprint density at radius 3 is 2.44 bits per heavy atom. The van der Waals surface area contributed by atoms with Crippen molar-refractivity contribution < 1.29 is 18.0 Å². The Balaban J connectivity index is 1.50. The molecule has 1 N–H and O–H groups in total. The Kier molecular flexibility index (Phi) is 5.80. The van der Waals surface area contributed by atoms with Gasteiger partial charge in [-0.15, -0.1) is 0 Å². The zero-order valence-corrected chi connectivity index (χ0v) is 20.7. The molecule has 1 aromatic carbocycles. The molecule has 34 heavy (non-hydrogen) atoms. The molecule has 9 nitrogen and oxygen atoms in total. The minimum Gasteiger partial charge on any atom is -0.347 e. The van der Waals surface area contributed by atoms with E-state index in [4.69, 9.17) is 5.26 Å². The van der Waals surface area contributed by atoms with E-state index in [2.05, 4.69) is 16.5 Å². The lowest BCUT2D eigenvalue weighted by atomic mass is 10.0. The molecule has 2 heterocycles. The number of rotatable bonds is 6. The first-order valence-electron chi connectivity index (χ1n) is 11.3. The van der Waals surface area contributed by atoms with Crippen molar-refractivity contribution in [2.45, 2.75) is 56.1 Å². The van der Waals surface area contributed by atoms with Gasteiger partial charge in [0.15, 0.2) is 15.5 Å². The molecule has 180 valence electrons. The molecule has 4 rings (SSSR count). The number of benzene rings is 1. The number of hydrogen-bond donors (Lipinski definition) is 1. The number of aromatic nitrogens is 2. The van der Waals surface area contributed by atoms with E-state index in [9.17, 15) is 18.0 Å². The van der Waals surface area contributed by atoms with Gasteiger partial charge in [0.25, 0.3) is 11.8 Å². The second-order valence-electron chi connectivity index (χ2n) is 10.1. The van der Waals surface area contributed by atoms with Crippen LogP contribution in [0, 0.1) is 11.3 Å². The van der Waals surface area contributed by atoms with Gasteiger partial charge in [-0.25, -0.2) is 8.42 Å². The molecule has 0 saturated heterocycles. The van der Waals surface area contributed by atoms with E-state index >= 15 is 0 Å². The van der Waals surface area contributed by atoms with Gasteiger partial charge in [-0.05, 0) is 57.7 Å². The number of sulfone groups is 1. The molecule has 1 saturated carbocycles. The van der Waals surface area contributed by atoms with E-state index in [1.807, 2.05) is 0 Å². The van der Waals surface area contributed by atoms with Gasteiger partial charge >= 0.3 is 0 Å². The maximum absolute atomic E-state index is 13.3. The van der Waals surface area contributed by atoms with Crippen molar-refractivity contribution >= 4 is 21.7 Å². The Labute approximate surface area is 199 Å². The quantitative estimate of drug-likeness (QED) is 0.670. The second kappa shape index (κ2) is 8.24. The molecule has 1 aliphatic carbocycles. The molecule has 10 heteroatoms. The van der Waals surface area contributed by atoms with Crippen LogP contribution in [0.3, 0.4) is 0 Å². The SMILES string of the molecule is Cn1nc(C(=O)NCc2ccc(C#N)cc2)c2c1C(=O)N(CC1(S(=O)(=O)C(C)(C)C)CC1)CC2.